The lowest BCUT2D eigenvalue weighted by Gasteiger charge is -2.28. The number of hydrogen-bond acceptors (Lipinski definition) is 5. The monoisotopic (exact) mass is 812 g/mol. The summed E-state index contributed by atoms with van der Waals surface area (Å²) in [5.74, 6) is -1.03. The Hall–Kier alpha value is -1.48. The van der Waals surface area contributed by atoms with E-state index in [0.29, 0.717) is 19.8 Å². The number of aliphatic carboxylic acids is 1. The first-order valence-corrected chi connectivity index (χ1v) is 25.9. The average molecular weight is 812 g/mol. The molecule has 0 unspecified atom stereocenters. The number of amides is 1. The van der Waals surface area contributed by atoms with Gasteiger partial charge in [0.1, 0.15) is 0 Å². The topological polar surface area (TPSA) is 94.1 Å². The van der Waals surface area contributed by atoms with E-state index in [0.717, 1.165) is 25.1 Å². The summed E-state index contributed by atoms with van der Waals surface area (Å²) < 4.78 is 17.8. The Bertz CT molecular complexity index is 794. The number of carboxylic acid groups (broad SMARTS) is 1. The third kappa shape index (κ3) is 50.5. The van der Waals surface area contributed by atoms with Gasteiger partial charge in [0, 0.05) is 38.5 Å². The number of carbonyl (C=O) groups excluding carboxylic acids is 1. The molecule has 0 spiro atoms. The van der Waals surface area contributed by atoms with Crippen LogP contribution in [0, 0.1) is 0 Å². The molecule has 8 heteroatoms. The molecule has 0 saturated carbocycles. The molecule has 0 aromatic rings. The van der Waals surface area contributed by atoms with Crippen molar-refractivity contribution in [2.75, 3.05) is 26.4 Å². The lowest BCUT2D eigenvalue weighted by atomic mass is 10.0. The minimum atomic E-state index is -2.40. The third-order valence-electron chi connectivity index (χ3n) is 10.1. The van der Waals surface area contributed by atoms with Crippen molar-refractivity contribution >= 4 is 20.7 Å². The first-order chi connectivity index (χ1) is 27.3. The van der Waals surface area contributed by atoms with Gasteiger partial charge in [-0.3, -0.25) is 4.79 Å². The lowest BCUT2D eigenvalue weighted by molar-refractivity contribution is -0.131. The number of unbranched alkanes of at least 4 members (excludes halogenated alkanes) is 30. The Balaban J connectivity index is -0.000000906. The molecule has 0 saturated heterocycles. The van der Waals surface area contributed by atoms with Crippen molar-refractivity contribution in [1.82, 2.24) is 5.32 Å². The molecule has 2 N–H and O–H groups in total. The summed E-state index contributed by atoms with van der Waals surface area (Å²) in [6, 6.07) is 0.973. The zero-order valence-corrected chi connectivity index (χ0v) is 39.2. The fraction of sp³-hybridized carbons (Fsp3) is 0.875. The molecule has 0 radical (unpaired) electrons. The molecule has 0 aromatic carbocycles. The van der Waals surface area contributed by atoms with E-state index in [1.165, 1.54) is 205 Å². The first-order valence-electron chi connectivity index (χ1n) is 24.0. The highest BCUT2D eigenvalue weighted by Crippen LogP contribution is 2.21. The summed E-state index contributed by atoms with van der Waals surface area (Å²) in [7, 11) is -2.40. The molecule has 0 aromatic heterocycles. The van der Waals surface area contributed by atoms with Crippen molar-refractivity contribution in [3.8, 4) is 0 Å². The Kier molecular flexibility index (Phi) is 54.1. The van der Waals surface area contributed by atoms with Crippen LogP contribution >= 0.6 is 0 Å². The van der Waals surface area contributed by atoms with Crippen molar-refractivity contribution in [1.29, 1.82) is 0 Å². The molecule has 334 valence electrons. The predicted octanol–water partition coefficient (Wildman–Crippen LogP) is 15.1. The molecule has 1 amide bonds. The Morgan fingerprint density at radius 3 is 0.929 bits per heavy atom. The van der Waals surface area contributed by atoms with Gasteiger partial charge in [-0.2, -0.15) is 0 Å². The van der Waals surface area contributed by atoms with Crippen molar-refractivity contribution in [3.05, 3.63) is 25.3 Å². The maximum atomic E-state index is 10.9. The second-order valence-corrected chi connectivity index (χ2v) is 18.1. The highest BCUT2D eigenvalue weighted by Gasteiger charge is 2.39. The lowest BCUT2D eigenvalue weighted by Crippen LogP contribution is -2.45. The summed E-state index contributed by atoms with van der Waals surface area (Å²) in [4.78, 5) is 20.2. The van der Waals surface area contributed by atoms with Gasteiger partial charge in [0.15, 0.2) is 0 Å². The van der Waals surface area contributed by atoms with Crippen LogP contribution in [0.25, 0.3) is 0 Å². The number of rotatable bonds is 42. The molecule has 0 bridgehead atoms. The van der Waals surface area contributed by atoms with E-state index in [2.05, 4.69) is 32.3 Å². The maximum absolute atomic E-state index is 10.9. The van der Waals surface area contributed by atoms with Crippen molar-refractivity contribution in [2.24, 2.45) is 0 Å². The van der Waals surface area contributed by atoms with Crippen LogP contribution < -0.4 is 5.32 Å². The molecule has 0 fully saturated rings. The van der Waals surface area contributed by atoms with Gasteiger partial charge >= 0.3 is 14.8 Å². The van der Waals surface area contributed by atoms with E-state index < -0.39 is 14.8 Å². The second-order valence-electron chi connectivity index (χ2n) is 15.4. The fourth-order valence-corrected chi connectivity index (χ4v) is 9.53. The zero-order chi connectivity index (χ0) is 42.1. The van der Waals surface area contributed by atoms with Crippen molar-refractivity contribution in [2.45, 2.75) is 246 Å². The van der Waals surface area contributed by atoms with E-state index in [9.17, 15) is 9.59 Å². The summed E-state index contributed by atoms with van der Waals surface area (Å²) >= 11 is 0. The quantitative estimate of drug-likeness (QED) is 0.0362. The Morgan fingerprint density at radius 1 is 0.446 bits per heavy atom. The normalized spacial score (nSPS) is 10.9. The van der Waals surface area contributed by atoms with E-state index >= 15 is 0 Å². The molecular weight excluding hydrogens is 715 g/mol. The van der Waals surface area contributed by atoms with E-state index in [1.807, 2.05) is 20.8 Å². The van der Waals surface area contributed by atoms with Crippen LogP contribution in [0.1, 0.15) is 240 Å². The van der Waals surface area contributed by atoms with Crippen LogP contribution in [0.2, 0.25) is 6.04 Å². The minimum absolute atomic E-state index is 0.0500. The Labute approximate surface area is 350 Å². The SMILES string of the molecule is C=CC(=O)NCCCCCCCCCCCCCCCCCC.C=CC(=O)O.CCCCCCCCCCCCCCCCCC[Si](OCC)(OCC)OCC. The largest absolute Gasteiger partial charge is 0.500 e. The van der Waals surface area contributed by atoms with Crippen LogP contribution in [0.5, 0.6) is 0 Å². The third-order valence-corrected chi connectivity index (χ3v) is 13.3. The van der Waals surface area contributed by atoms with Crippen molar-refractivity contribution < 1.29 is 28.0 Å². The average Bonchev–Trinajstić information content (AvgIpc) is 3.19. The Morgan fingerprint density at radius 2 is 0.696 bits per heavy atom. The summed E-state index contributed by atoms with van der Waals surface area (Å²) in [5.41, 5.74) is 0. The second kappa shape index (κ2) is 51.5. The van der Waals surface area contributed by atoms with Gasteiger partial charge in [-0.25, -0.2) is 4.79 Å². The molecular formula is C48H97NO6Si. The maximum Gasteiger partial charge on any atom is 0.500 e. The molecule has 0 aliphatic heterocycles. The van der Waals surface area contributed by atoms with Crippen LogP contribution in [0.3, 0.4) is 0 Å². The van der Waals surface area contributed by atoms with Gasteiger partial charge in [-0.05, 0) is 39.7 Å². The number of nitrogens with one attached hydrogen (secondary N) is 1. The number of hydrogen-bond donors (Lipinski definition) is 2. The molecule has 0 aliphatic carbocycles. The van der Waals surface area contributed by atoms with E-state index in [1.54, 1.807) is 0 Å². The fourth-order valence-electron chi connectivity index (χ4n) is 6.85. The highest BCUT2D eigenvalue weighted by atomic mass is 28.4. The molecule has 0 aliphatic rings. The van der Waals surface area contributed by atoms with Crippen LogP contribution in [0.4, 0.5) is 0 Å². The predicted molar refractivity (Wildman–Crippen MR) is 246 cm³/mol. The molecule has 7 nitrogen and oxygen atoms in total. The highest BCUT2D eigenvalue weighted by molar-refractivity contribution is 6.60. The van der Waals surface area contributed by atoms with Gasteiger partial charge < -0.3 is 23.7 Å². The van der Waals surface area contributed by atoms with Crippen LogP contribution in [0.15, 0.2) is 25.3 Å². The minimum Gasteiger partial charge on any atom is -0.478 e. The summed E-state index contributed by atoms with van der Waals surface area (Å²) in [5, 5.41) is 10.4. The summed E-state index contributed by atoms with van der Waals surface area (Å²) in [6.45, 7) is 19.9. The van der Waals surface area contributed by atoms with E-state index in [4.69, 9.17) is 18.4 Å². The van der Waals surface area contributed by atoms with E-state index in [-0.39, 0.29) is 5.91 Å². The van der Waals surface area contributed by atoms with Gasteiger partial charge in [-0.1, -0.05) is 220 Å². The zero-order valence-electron chi connectivity index (χ0n) is 38.2. The van der Waals surface area contributed by atoms with Crippen molar-refractivity contribution in [3.63, 3.8) is 0 Å². The number of carboxylic acids is 1. The van der Waals surface area contributed by atoms with Gasteiger partial charge in [-0.15, -0.1) is 0 Å². The number of carbonyl (C=O) groups is 2. The summed E-state index contributed by atoms with van der Waals surface area (Å²) in [6.07, 6.45) is 46.6. The molecule has 0 rings (SSSR count). The first kappa shape index (κ1) is 58.8. The standard InChI is InChI=1S/C24H52O3Si.C21H41NO.C3H4O2/c1-5-9-10-11-12-13-14-15-16-17-18-19-20-21-22-23-24-28(25-6-2,26-7-3)27-8-4;1-3-5-6-7-8-9-10-11-12-13-14-15-16-17-18-19-20-22-21(23)4-2;1-2-3(4)5/h5-24H2,1-4H3;4H,2-3,5-20H2,1H3,(H,22,23);2H,1H2,(H,4,5). The molecule has 0 heterocycles. The molecule has 0 atom stereocenters. The molecule has 56 heavy (non-hydrogen) atoms. The van der Waals surface area contributed by atoms with Crippen LogP contribution in [-0.4, -0.2) is 52.2 Å². The van der Waals surface area contributed by atoms with Crippen LogP contribution in [-0.2, 0) is 22.9 Å². The van der Waals surface area contributed by atoms with Gasteiger partial charge in [0.25, 0.3) is 0 Å². The smallest absolute Gasteiger partial charge is 0.478 e. The van der Waals surface area contributed by atoms with Gasteiger partial charge in [0.05, 0.1) is 0 Å². The van der Waals surface area contributed by atoms with Gasteiger partial charge in [0.2, 0.25) is 5.91 Å².